The second-order valence-electron chi connectivity index (χ2n) is 5.31. The third kappa shape index (κ3) is 5.45. The molecule has 1 aromatic carbocycles. The van der Waals surface area contributed by atoms with Gasteiger partial charge in [0.05, 0.1) is 16.7 Å². The molecule has 0 unspecified atom stereocenters. The molecule has 25 heavy (non-hydrogen) atoms. The fraction of sp³-hybridized carbons (Fsp3) is 0.471. The number of benzene rings is 1. The number of amides is 1. The van der Waals surface area contributed by atoms with Gasteiger partial charge in [0.2, 0.25) is 5.91 Å². The molecule has 8 heteroatoms. The summed E-state index contributed by atoms with van der Waals surface area (Å²) >= 11 is 7.26. The number of carbonyl (C=O) groups is 1. The van der Waals surface area contributed by atoms with E-state index in [0.29, 0.717) is 53.8 Å². The highest BCUT2D eigenvalue weighted by atomic mass is 35.5. The molecule has 1 heterocycles. The molecule has 1 aromatic heterocycles. The zero-order chi connectivity index (χ0) is 18.2. The molecule has 136 valence electrons. The van der Waals surface area contributed by atoms with Crippen LogP contribution < -0.4 is 10.9 Å². The van der Waals surface area contributed by atoms with Crippen molar-refractivity contribution in [2.45, 2.75) is 32.0 Å². The quantitative estimate of drug-likeness (QED) is 0.409. The lowest BCUT2D eigenvalue weighted by molar-refractivity contribution is -0.118. The Morgan fingerprint density at radius 2 is 2.20 bits per heavy atom. The maximum absolute atomic E-state index is 12.8. The van der Waals surface area contributed by atoms with Crippen LogP contribution in [0.2, 0.25) is 5.02 Å². The summed E-state index contributed by atoms with van der Waals surface area (Å²) < 4.78 is 6.95. The van der Waals surface area contributed by atoms with Crippen LogP contribution in [-0.4, -0.2) is 41.0 Å². The Kier molecular flexibility index (Phi) is 7.74. The fourth-order valence-corrected chi connectivity index (χ4v) is 3.35. The second kappa shape index (κ2) is 9.79. The predicted octanol–water partition coefficient (Wildman–Crippen LogP) is 2.70. The van der Waals surface area contributed by atoms with E-state index in [1.807, 2.05) is 13.8 Å². The van der Waals surface area contributed by atoms with Crippen molar-refractivity contribution >= 4 is 40.2 Å². The SMILES string of the molecule is CCNC(=O)CSc1nc2cc(Cl)ccc2c(=O)n1CCCOCC. The van der Waals surface area contributed by atoms with Gasteiger partial charge in [0.15, 0.2) is 5.16 Å². The van der Waals surface area contributed by atoms with E-state index in [1.165, 1.54) is 11.8 Å². The van der Waals surface area contributed by atoms with Crippen LogP contribution in [0.25, 0.3) is 10.9 Å². The van der Waals surface area contributed by atoms with Crippen molar-refractivity contribution in [2.75, 3.05) is 25.5 Å². The first-order chi connectivity index (χ1) is 12.1. The van der Waals surface area contributed by atoms with Crippen molar-refractivity contribution in [2.24, 2.45) is 0 Å². The molecule has 0 atom stereocenters. The second-order valence-corrected chi connectivity index (χ2v) is 6.68. The number of fused-ring (bicyclic) bond motifs is 1. The van der Waals surface area contributed by atoms with Crippen molar-refractivity contribution in [1.29, 1.82) is 0 Å². The molecule has 0 saturated heterocycles. The number of hydrogen-bond acceptors (Lipinski definition) is 5. The third-order valence-corrected chi connectivity index (χ3v) is 4.67. The van der Waals surface area contributed by atoms with Gasteiger partial charge in [0.1, 0.15) is 0 Å². The van der Waals surface area contributed by atoms with Gasteiger partial charge in [-0.2, -0.15) is 0 Å². The first kappa shape index (κ1) is 19.8. The number of hydrogen-bond donors (Lipinski definition) is 1. The lowest BCUT2D eigenvalue weighted by Crippen LogP contribution is -2.27. The molecule has 0 saturated carbocycles. The molecule has 0 aliphatic heterocycles. The van der Waals surface area contributed by atoms with E-state index >= 15 is 0 Å². The van der Waals surface area contributed by atoms with E-state index in [9.17, 15) is 9.59 Å². The van der Waals surface area contributed by atoms with Gasteiger partial charge in [-0.05, 0) is 38.5 Å². The third-order valence-electron chi connectivity index (χ3n) is 3.46. The highest BCUT2D eigenvalue weighted by Gasteiger charge is 2.13. The predicted molar refractivity (Wildman–Crippen MR) is 102 cm³/mol. The number of nitrogens with zero attached hydrogens (tertiary/aromatic N) is 2. The van der Waals surface area contributed by atoms with Gasteiger partial charge < -0.3 is 10.1 Å². The normalized spacial score (nSPS) is 11.0. The number of halogens is 1. The number of aromatic nitrogens is 2. The first-order valence-corrected chi connectivity index (χ1v) is 9.60. The van der Waals surface area contributed by atoms with Crippen LogP contribution in [0.15, 0.2) is 28.2 Å². The number of ether oxygens (including phenoxy) is 1. The first-order valence-electron chi connectivity index (χ1n) is 8.24. The smallest absolute Gasteiger partial charge is 0.262 e. The molecule has 0 aliphatic rings. The summed E-state index contributed by atoms with van der Waals surface area (Å²) in [6.45, 7) is 6.07. The molecule has 0 bridgehead atoms. The maximum atomic E-state index is 12.8. The van der Waals surface area contributed by atoms with Crippen LogP contribution in [0.3, 0.4) is 0 Å². The standard InChI is InChI=1S/C17H22ClN3O3S/c1-3-19-15(22)11-25-17-20-14-10-12(18)6-7-13(14)16(23)21(17)8-5-9-24-4-2/h6-7,10H,3-5,8-9,11H2,1-2H3,(H,19,22). The minimum atomic E-state index is -0.128. The summed E-state index contributed by atoms with van der Waals surface area (Å²) in [5.41, 5.74) is 0.411. The summed E-state index contributed by atoms with van der Waals surface area (Å²) in [4.78, 5) is 29.1. The van der Waals surface area contributed by atoms with Crippen LogP contribution in [-0.2, 0) is 16.1 Å². The Bertz CT molecular complexity index is 795. The van der Waals surface area contributed by atoms with Crippen LogP contribution in [0.1, 0.15) is 20.3 Å². The average molecular weight is 384 g/mol. The zero-order valence-electron chi connectivity index (χ0n) is 14.4. The van der Waals surface area contributed by atoms with Crippen LogP contribution in [0, 0.1) is 0 Å². The van der Waals surface area contributed by atoms with Crippen LogP contribution >= 0.6 is 23.4 Å². The van der Waals surface area contributed by atoms with Crippen molar-refractivity contribution in [3.05, 3.63) is 33.6 Å². The van der Waals surface area contributed by atoms with E-state index in [2.05, 4.69) is 10.3 Å². The fourth-order valence-electron chi connectivity index (χ4n) is 2.33. The monoisotopic (exact) mass is 383 g/mol. The summed E-state index contributed by atoms with van der Waals surface area (Å²) in [6, 6.07) is 5.03. The molecular formula is C17H22ClN3O3S. The topological polar surface area (TPSA) is 73.2 Å². The van der Waals surface area contributed by atoms with Gasteiger partial charge in [-0.15, -0.1) is 0 Å². The number of rotatable bonds is 9. The minimum absolute atomic E-state index is 0.0891. The highest BCUT2D eigenvalue weighted by molar-refractivity contribution is 7.99. The van der Waals surface area contributed by atoms with Gasteiger partial charge in [-0.3, -0.25) is 14.2 Å². The Balaban J connectivity index is 2.33. The molecule has 0 aliphatic carbocycles. The lowest BCUT2D eigenvalue weighted by atomic mass is 10.2. The summed E-state index contributed by atoms with van der Waals surface area (Å²) in [5, 5.41) is 4.29. The van der Waals surface area contributed by atoms with Crippen LogP contribution in [0.4, 0.5) is 0 Å². The maximum Gasteiger partial charge on any atom is 0.262 e. The van der Waals surface area contributed by atoms with Crippen molar-refractivity contribution in [1.82, 2.24) is 14.9 Å². The lowest BCUT2D eigenvalue weighted by Gasteiger charge is -2.13. The summed E-state index contributed by atoms with van der Waals surface area (Å²) in [5.74, 6) is 0.117. The van der Waals surface area contributed by atoms with E-state index in [0.717, 1.165) is 0 Å². The summed E-state index contributed by atoms with van der Waals surface area (Å²) in [6.07, 6.45) is 0.698. The number of nitrogens with one attached hydrogen (secondary N) is 1. The van der Waals surface area contributed by atoms with Gasteiger partial charge in [0, 0.05) is 31.3 Å². The van der Waals surface area contributed by atoms with Gasteiger partial charge in [-0.25, -0.2) is 4.98 Å². The molecule has 1 amide bonds. The van der Waals surface area contributed by atoms with Crippen molar-refractivity contribution < 1.29 is 9.53 Å². The molecule has 0 radical (unpaired) electrons. The van der Waals surface area contributed by atoms with Gasteiger partial charge in [0.25, 0.3) is 5.56 Å². The Morgan fingerprint density at radius 1 is 1.40 bits per heavy atom. The molecule has 6 nitrogen and oxygen atoms in total. The van der Waals surface area contributed by atoms with E-state index in [4.69, 9.17) is 16.3 Å². The average Bonchev–Trinajstić information content (AvgIpc) is 2.58. The van der Waals surface area contributed by atoms with E-state index in [1.54, 1.807) is 22.8 Å². The van der Waals surface area contributed by atoms with Gasteiger partial charge >= 0.3 is 0 Å². The number of thioether (sulfide) groups is 1. The highest BCUT2D eigenvalue weighted by Crippen LogP contribution is 2.20. The minimum Gasteiger partial charge on any atom is -0.382 e. The largest absolute Gasteiger partial charge is 0.382 e. The van der Waals surface area contributed by atoms with E-state index in [-0.39, 0.29) is 17.2 Å². The molecular weight excluding hydrogens is 362 g/mol. The Morgan fingerprint density at radius 3 is 2.92 bits per heavy atom. The molecule has 1 N–H and O–H groups in total. The van der Waals surface area contributed by atoms with Crippen molar-refractivity contribution in [3.63, 3.8) is 0 Å². The van der Waals surface area contributed by atoms with Gasteiger partial charge in [-0.1, -0.05) is 23.4 Å². The Hall–Kier alpha value is -1.57. The molecule has 0 fully saturated rings. The number of carbonyl (C=O) groups excluding carboxylic acids is 1. The zero-order valence-corrected chi connectivity index (χ0v) is 16.0. The van der Waals surface area contributed by atoms with Crippen molar-refractivity contribution in [3.8, 4) is 0 Å². The Labute approximate surface area is 155 Å². The molecule has 2 aromatic rings. The van der Waals surface area contributed by atoms with Crippen LogP contribution in [0.5, 0.6) is 0 Å². The molecule has 2 rings (SSSR count). The summed E-state index contributed by atoms with van der Waals surface area (Å²) in [7, 11) is 0. The van der Waals surface area contributed by atoms with E-state index < -0.39 is 0 Å². The molecule has 0 spiro atoms.